The van der Waals surface area contributed by atoms with Gasteiger partial charge in [0.25, 0.3) is 0 Å². The highest BCUT2D eigenvalue weighted by Crippen LogP contribution is 2.36. The van der Waals surface area contributed by atoms with E-state index in [9.17, 15) is 4.79 Å². The van der Waals surface area contributed by atoms with Gasteiger partial charge in [0.1, 0.15) is 11.5 Å². The molecule has 0 amide bonds. The predicted molar refractivity (Wildman–Crippen MR) is 84.4 cm³/mol. The molecule has 0 spiro atoms. The lowest BCUT2D eigenvalue weighted by molar-refractivity contribution is -0.151. The summed E-state index contributed by atoms with van der Waals surface area (Å²) in [5.74, 6) is 0.921. The summed E-state index contributed by atoms with van der Waals surface area (Å²) in [5, 5.41) is 0. The maximum absolute atomic E-state index is 11.9. The normalized spacial score (nSPS) is 11.8. The van der Waals surface area contributed by atoms with Crippen molar-refractivity contribution in [3.05, 3.63) is 21.1 Å². The molecule has 1 unspecified atom stereocenters. The van der Waals surface area contributed by atoms with Gasteiger partial charge in [0, 0.05) is 0 Å². The Hall–Kier alpha value is -0.750. The highest BCUT2D eigenvalue weighted by molar-refractivity contribution is 9.11. The molecule has 0 aliphatic carbocycles. The number of hydrogen-bond acceptors (Lipinski definition) is 4. The van der Waals surface area contributed by atoms with Gasteiger partial charge >= 0.3 is 5.97 Å². The molecule has 0 radical (unpaired) electrons. The van der Waals surface area contributed by atoms with Crippen LogP contribution in [0.4, 0.5) is 0 Å². The van der Waals surface area contributed by atoms with E-state index in [0.29, 0.717) is 24.5 Å². The van der Waals surface area contributed by atoms with E-state index in [4.69, 9.17) is 14.2 Å². The lowest BCUT2D eigenvalue weighted by Gasteiger charge is -2.18. The Morgan fingerprint density at radius 3 is 2.35 bits per heavy atom. The molecule has 0 fully saturated rings. The summed E-state index contributed by atoms with van der Waals surface area (Å²) < 4.78 is 17.5. The van der Waals surface area contributed by atoms with Crippen molar-refractivity contribution in [3.8, 4) is 11.5 Å². The van der Waals surface area contributed by atoms with Gasteiger partial charge in [-0.1, -0.05) is 13.3 Å². The summed E-state index contributed by atoms with van der Waals surface area (Å²) in [6.07, 6.45) is 0.837. The van der Waals surface area contributed by atoms with Crippen LogP contribution in [0.1, 0.15) is 26.7 Å². The first-order chi connectivity index (χ1) is 9.53. The Labute approximate surface area is 136 Å². The highest BCUT2D eigenvalue weighted by atomic mass is 79.9. The van der Waals surface area contributed by atoms with Gasteiger partial charge in [-0.3, -0.25) is 0 Å². The van der Waals surface area contributed by atoms with E-state index in [2.05, 4.69) is 31.9 Å². The molecule has 1 atom stereocenters. The van der Waals surface area contributed by atoms with Crippen molar-refractivity contribution in [3.63, 3.8) is 0 Å². The topological polar surface area (TPSA) is 44.8 Å². The average molecular weight is 410 g/mol. The van der Waals surface area contributed by atoms with Gasteiger partial charge in [0.15, 0.2) is 6.10 Å². The fourth-order valence-corrected chi connectivity index (χ4v) is 2.53. The van der Waals surface area contributed by atoms with Gasteiger partial charge in [-0.2, -0.15) is 0 Å². The number of carbonyl (C=O) groups excluding carboxylic acids is 1. The minimum atomic E-state index is -0.600. The molecular weight excluding hydrogens is 392 g/mol. The summed E-state index contributed by atoms with van der Waals surface area (Å²) >= 11 is 6.81. The summed E-state index contributed by atoms with van der Waals surface area (Å²) in [5.41, 5.74) is 0. The molecule has 0 heterocycles. The van der Waals surface area contributed by atoms with Crippen LogP contribution < -0.4 is 9.47 Å². The molecule has 0 saturated heterocycles. The predicted octanol–water partition coefficient (Wildman–Crippen LogP) is 4.33. The number of ether oxygens (including phenoxy) is 3. The van der Waals surface area contributed by atoms with Gasteiger partial charge in [-0.05, 0) is 57.3 Å². The summed E-state index contributed by atoms with van der Waals surface area (Å²) in [6, 6.07) is 3.55. The average Bonchev–Trinajstić information content (AvgIpc) is 2.42. The molecular formula is C14H18Br2O4. The molecule has 0 aromatic heterocycles. The third-order valence-electron chi connectivity index (χ3n) is 2.58. The van der Waals surface area contributed by atoms with Crippen molar-refractivity contribution in [1.29, 1.82) is 0 Å². The highest BCUT2D eigenvalue weighted by Gasteiger charge is 2.22. The smallest absolute Gasteiger partial charge is 0.347 e. The zero-order valence-electron chi connectivity index (χ0n) is 11.7. The number of rotatable bonds is 7. The molecule has 1 aromatic rings. The first-order valence-corrected chi connectivity index (χ1v) is 7.98. The van der Waals surface area contributed by atoms with Crippen LogP contribution in [-0.4, -0.2) is 25.8 Å². The molecule has 0 aliphatic heterocycles. The van der Waals surface area contributed by atoms with E-state index in [0.717, 1.165) is 15.4 Å². The second-order valence-electron chi connectivity index (χ2n) is 4.06. The lowest BCUT2D eigenvalue weighted by atomic mass is 10.2. The van der Waals surface area contributed by atoms with E-state index >= 15 is 0 Å². The molecule has 1 aromatic carbocycles. The van der Waals surface area contributed by atoms with Crippen molar-refractivity contribution in [2.24, 2.45) is 0 Å². The van der Waals surface area contributed by atoms with E-state index in [1.54, 1.807) is 26.2 Å². The van der Waals surface area contributed by atoms with Crippen LogP contribution in [-0.2, 0) is 9.53 Å². The SMILES string of the molecule is CCCC(Oc1cc(Br)c(OC)cc1Br)C(=O)OCC. The van der Waals surface area contributed by atoms with E-state index in [-0.39, 0.29) is 5.97 Å². The number of esters is 1. The standard InChI is InChI=1S/C14H18Br2O4/c1-4-6-11(14(17)19-5-2)20-13-8-9(15)12(18-3)7-10(13)16/h7-8,11H,4-6H2,1-3H3. The van der Waals surface area contributed by atoms with E-state index in [1.807, 2.05) is 6.92 Å². The second kappa shape index (κ2) is 8.52. The number of methoxy groups -OCH3 is 1. The second-order valence-corrected chi connectivity index (χ2v) is 5.77. The van der Waals surface area contributed by atoms with Crippen LogP contribution in [0.3, 0.4) is 0 Å². The Kier molecular flexibility index (Phi) is 7.37. The van der Waals surface area contributed by atoms with Crippen molar-refractivity contribution in [2.45, 2.75) is 32.8 Å². The quantitative estimate of drug-likeness (QED) is 0.628. The van der Waals surface area contributed by atoms with Crippen molar-refractivity contribution < 1.29 is 19.0 Å². The summed E-state index contributed by atoms with van der Waals surface area (Å²) in [4.78, 5) is 11.9. The third kappa shape index (κ3) is 4.66. The summed E-state index contributed by atoms with van der Waals surface area (Å²) in [6.45, 7) is 4.12. The molecule has 6 heteroatoms. The Bertz CT molecular complexity index is 463. The molecule has 0 saturated carbocycles. The van der Waals surface area contributed by atoms with Gasteiger partial charge in [-0.25, -0.2) is 4.79 Å². The van der Waals surface area contributed by atoms with Crippen LogP contribution in [0.25, 0.3) is 0 Å². The minimum absolute atomic E-state index is 0.340. The van der Waals surface area contributed by atoms with Gasteiger partial charge in [0.05, 0.1) is 22.7 Å². The van der Waals surface area contributed by atoms with Gasteiger partial charge in [0.2, 0.25) is 0 Å². The Balaban J connectivity index is 2.93. The van der Waals surface area contributed by atoms with Crippen molar-refractivity contribution in [1.82, 2.24) is 0 Å². The van der Waals surface area contributed by atoms with Crippen LogP contribution in [0.2, 0.25) is 0 Å². The largest absolute Gasteiger partial charge is 0.496 e. The van der Waals surface area contributed by atoms with Gasteiger partial charge < -0.3 is 14.2 Å². The van der Waals surface area contributed by atoms with Crippen molar-refractivity contribution in [2.75, 3.05) is 13.7 Å². The van der Waals surface area contributed by atoms with Crippen molar-refractivity contribution >= 4 is 37.8 Å². The van der Waals surface area contributed by atoms with Gasteiger partial charge in [-0.15, -0.1) is 0 Å². The Morgan fingerprint density at radius 2 is 1.80 bits per heavy atom. The molecule has 0 bridgehead atoms. The fourth-order valence-electron chi connectivity index (χ4n) is 1.63. The number of benzene rings is 1. The monoisotopic (exact) mass is 408 g/mol. The maximum atomic E-state index is 11.9. The lowest BCUT2D eigenvalue weighted by Crippen LogP contribution is -2.29. The Morgan fingerprint density at radius 1 is 1.20 bits per heavy atom. The molecule has 112 valence electrons. The first kappa shape index (κ1) is 17.3. The molecule has 0 aliphatic rings. The van der Waals surface area contributed by atoms with E-state index in [1.165, 1.54) is 0 Å². The van der Waals surface area contributed by atoms with E-state index < -0.39 is 6.10 Å². The summed E-state index contributed by atoms with van der Waals surface area (Å²) in [7, 11) is 1.59. The molecule has 1 rings (SSSR count). The first-order valence-electron chi connectivity index (χ1n) is 6.39. The number of carbonyl (C=O) groups is 1. The molecule has 20 heavy (non-hydrogen) atoms. The van der Waals surface area contributed by atoms with Crippen LogP contribution >= 0.6 is 31.9 Å². The fraction of sp³-hybridized carbons (Fsp3) is 0.500. The van der Waals surface area contributed by atoms with Crippen LogP contribution in [0.15, 0.2) is 21.1 Å². The molecule has 0 N–H and O–H groups in total. The minimum Gasteiger partial charge on any atom is -0.496 e. The van der Waals surface area contributed by atoms with Crippen LogP contribution in [0, 0.1) is 0 Å². The number of halogens is 2. The number of hydrogen-bond donors (Lipinski definition) is 0. The maximum Gasteiger partial charge on any atom is 0.347 e. The van der Waals surface area contributed by atoms with Crippen LogP contribution in [0.5, 0.6) is 11.5 Å². The molecule has 4 nitrogen and oxygen atoms in total. The zero-order valence-corrected chi connectivity index (χ0v) is 14.9. The third-order valence-corrected chi connectivity index (χ3v) is 3.82. The zero-order chi connectivity index (χ0) is 15.1.